The van der Waals surface area contributed by atoms with E-state index in [1.54, 1.807) is 0 Å². The molecule has 4 rings (SSSR count). The van der Waals surface area contributed by atoms with Crippen LogP contribution in [0.4, 0.5) is 5.82 Å². The first-order valence-electron chi connectivity index (χ1n) is 10.9. The van der Waals surface area contributed by atoms with Gasteiger partial charge in [-0.05, 0) is 38.1 Å². The topological polar surface area (TPSA) is 62.2 Å². The fourth-order valence-corrected chi connectivity index (χ4v) is 4.30. The number of halogens is 1. The number of carbonyl (C=O) groups is 1. The Bertz CT molecular complexity index is 1140. The van der Waals surface area contributed by atoms with E-state index in [2.05, 4.69) is 39.7 Å². The van der Waals surface area contributed by atoms with E-state index in [0.29, 0.717) is 18.7 Å². The van der Waals surface area contributed by atoms with E-state index in [0.717, 1.165) is 51.8 Å². The van der Waals surface area contributed by atoms with Crippen LogP contribution < -0.4 is 4.90 Å². The molecule has 6 nitrogen and oxygen atoms in total. The zero-order valence-corrected chi connectivity index (χ0v) is 20.6. The lowest BCUT2D eigenvalue weighted by Crippen LogP contribution is -2.49. The fourth-order valence-electron chi connectivity index (χ4n) is 3.90. The van der Waals surface area contributed by atoms with Gasteiger partial charge in [-0.25, -0.2) is 9.97 Å². The molecule has 7 heteroatoms. The highest BCUT2D eigenvalue weighted by Gasteiger charge is 2.25. The highest BCUT2D eigenvalue weighted by atomic mass is 79.9. The van der Waals surface area contributed by atoms with E-state index in [1.807, 2.05) is 61.2 Å². The third-order valence-electron chi connectivity index (χ3n) is 5.70. The third kappa shape index (κ3) is 4.83. The molecule has 0 unspecified atom stereocenters. The molecule has 0 radical (unpaired) electrons. The summed E-state index contributed by atoms with van der Waals surface area (Å²) in [4.78, 5) is 31.3. The average Bonchev–Trinajstić information content (AvgIpc) is 2.78. The summed E-state index contributed by atoms with van der Waals surface area (Å²) >= 11 is 3.50. The molecule has 1 amide bonds. The molecule has 1 aliphatic rings. The number of benzene rings is 1. The number of aryl methyl sites for hydroxylation is 2. The van der Waals surface area contributed by atoms with Gasteiger partial charge in [-0.1, -0.05) is 41.9 Å². The van der Waals surface area contributed by atoms with Gasteiger partial charge in [0.1, 0.15) is 11.6 Å². The van der Waals surface area contributed by atoms with Crippen LogP contribution in [0.2, 0.25) is 0 Å². The molecule has 32 heavy (non-hydrogen) atoms. The van der Waals surface area contributed by atoms with Gasteiger partial charge in [0.2, 0.25) is 0 Å². The molecule has 166 valence electrons. The summed E-state index contributed by atoms with van der Waals surface area (Å²) in [6.07, 6.45) is 0. The maximum atomic E-state index is 13.2. The second-order valence-corrected chi connectivity index (χ2v) is 9.42. The van der Waals surface area contributed by atoms with Crippen molar-refractivity contribution in [3.05, 3.63) is 69.7 Å². The van der Waals surface area contributed by atoms with Crippen LogP contribution in [0, 0.1) is 13.8 Å². The van der Waals surface area contributed by atoms with Crippen molar-refractivity contribution >= 4 is 27.7 Å². The minimum Gasteiger partial charge on any atom is -0.353 e. The van der Waals surface area contributed by atoms with Gasteiger partial charge in [0.15, 0.2) is 0 Å². The molecule has 1 aromatic carbocycles. The SMILES string of the molecule is Cc1cc(N2CCN(C(=O)c3ccc(-c4cccc(Br)c4)nc3C)CC2)nc(C(C)C)n1. The summed E-state index contributed by atoms with van der Waals surface area (Å²) in [6.45, 7) is 10.9. The number of aromatic nitrogens is 3. The van der Waals surface area contributed by atoms with Gasteiger partial charge in [-0.2, -0.15) is 0 Å². The monoisotopic (exact) mass is 493 g/mol. The minimum atomic E-state index is 0.0391. The van der Waals surface area contributed by atoms with Crippen LogP contribution in [0.25, 0.3) is 11.3 Å². The second-order valence-electron chi connectivity index (χ2n) is 8.50. The molecule has 0 atom stereocenters. The Balaban J connectivity index is 1.46. The zero-order valence-electron chi connectivity index (χ0n) is 19.0. The van der Waals surface area contributed by atoms with Crippen molar-refractivity contribution in [2.24, 2.45) is 0 Å². The van der Waals surface area contributed by atoms with Crippen LogP contribution in [-0.2, 0) is 0 Å². The standard InChI is InChI=1S/C25H28BrN5O/c1-16(2)24-27-17(3)14-23(29-24)30-10-12-31(13-11-30)25(32)21-8-9-22(28-18(21)4)19-6-5-7-20(26)15-19/h5-9,14-16H,10-13H2,1-4H3. The first kappa shape index (κ1) is 22.4. The Kier molecular flexibility index (Phi) is 6.55. The van der Waals surface area contributed by atoms with Crippen LogP contribution >= 0.6 is 15.9 Å². The summed E-state index contributed by atoms with van der Waals surface area (Å²) in [7, 11) is 0. The summed E-state index contributed by atoms with van der Waals surface area (Å²) in [5.41, 5.74) is 4.28. The Morgan fingerprint density at radius 1 is 0.969 bits per heavy atom. The first-order chi connectivity index (χ1) is 15.3. The fraction of sp³-hybridized carbons (Fsp3) is 0.360. The highest BCUT2D eigenvalue weighted by molar-refractivity contribution is 9.10. The second kappa shape index (κ2) is 9.36. The first-order valence-corrected chi connectivity index (χ1v) is 11.7. The number of hydrogen-bond acceptors (Lipinski definition) is 5. The van der Waals surface area contributed by atoms with E-state index >= 15 is 0 Å². The van der Waals surface area contributed by atoms with Gasteiger partial charge < -0.3 is 9.80 Å². The van der Waals surface area contributed by atoms with E-state index in [4.69, 9.17) is 9.97 Å². The lowest BCUT2D eigenvalue weighted by atomic mass is 10.1. The predicted octanol–water partition coefficient (Wildman–Crippen LogP) is 5.00. The predicted molar refractivity (Wildman–Crippen MR) is 131 cm³/mol. The van der Waals surface area contributed by atoms with Crippen molar-refractivity contribution in [2.45, 2.75) is 33.6 Å². The number of rotatable bonds is 4. The van der Waals surface area contributed by atoms with Crippen LogP contribution in [-0.4, -0.2) is 51.9 Å². The Labute approximate surface area is 197 Å². The van der Waals surface area contributed by atoms with Crippen molar-refractivity contribution in [2.75, 3.05) is 31.1 Å². The van der Waals surface area contributed by atoms with Crippen molar-refractivity contribution in [3.8, 4) is 11.3 Å². The molecule has 0 spiro atoms. The van der Waals surface area contributed by atoms with Crippen molar-refractivity contribution in [3.63, 3.8) is 0 Å². The molecule has 2 aromatic heterocycles. The molecule has 1 aliphatic heterocycles. The van der Waals surface area contributed by atoms with Gasteiger partial charge in [-0.15, -0.1) is 0 Å². The van der Waals surface area contributed by atoms with Crippen molar-refractivity contribution in [1.29, 1.82) is 0 Å². The molecule has 1 fully saturated rings. The molecule has 3 heterocycles. The molecule has 0 N–H and O–H groups in total. The lowest BCUT2D eigenvalue weighted by molar-refractivity contribution is 0.0745. The summed E-state index contributed by atoms with van der Waals surface area (Å²) in [5.74, 6) is 2.14. The molecule has 0 bridgehead atoms. The zero-order chi connectivity index (χ0) is 22.8. The smallest absolute Gasteiger partial charge is 0.255 e. The third-order valence-corrected chi connectivity index (χ3v) is 6.20. The van der Waals surface area contributed by atoms with Gasteiger partial charge in [0.25, 0.3) is 5.91 Å². The molecule has 0 saturated carbocycles. The van der Waals surface area contributed by atoms with E-state index in [9.17, 15) is 4.79 Å². The highest BCUT2D eigenvalue weighted by Crippen LogP contribution is 2.24. The molecule has 3 aromatic rings. The number of nitrogens with zero attached hydrogens (tertiary/aromatic N) is 5. The number of hydrogen-bond donors (Lipinski definition) is 0. The Morgan fingerprint density at radius 2 is 1.72 bits per heavy atom. The Hall–Kier alpha value is -2.80. The van der Waals surface area contributed by atoms with Crippen LogP contribution in [0.1, 0.15) is 47.3 Å². The maximum Gasteiger partial charge on any atom is 0.255 e. The van der Waals surface area contributed by atoms with Gasteiger partial charge in [-0.3, -0.25) is 9.78 Å². The largest absolute Gasteiger partial charge is 0.353 e. The molecular formula is C25H28BrN5O. The quantitative estimate of drug-likeness (QED) is 0.511. The molecule has 0 aliphatic carbocycles. The van der Waals surface area contributed by atoms with Crippen molar-refractivity contribution < 1.29 is 4.79 Å². The molecular weight excluding hydrogens is 466 g/mol. The van der Waals surface area contributed by atoms with Crippen LogP contribution in [0.15, 0.2) is 46.9 Å². The lowest BCUT2D eigenvalue weighted by Gasteiger charge is -2.35. The normalized spacial score (nSPS) is 14.2. The number of piperazine rings is 1. The summed E-state index contributed by atoms with van der Waals surface area (Å²) in [6, 6.07) is 13.9. The Morgan fingerprint density at radius 3 is 2.38 bits per heavy atom. The number of anilines is 1. The van der Waals surface area contributed by atoms with E-state index in [-0.39, 0.29) is 11.8 Å². The number of pyridine rings is 1. The summed E-state index contributed by atoms with van der Waals surface area (Å²) < 4.78 is 1.01. The van der Waals surface area contributed by atoms with Gasteiger partial charge in [0, 0.05) is 53.9 Å². The van der Waals surface area contributed by atoms with Crippen LogP contribution in [0.5, 0.6) is 0 Å². The van der Waals surface area contributed by atoms with Gasteiger partial charge in [0.05, 0.1) is 17.0 Å². The number of amides is 1. The maximum absolute atomic E-state index is 13.2. The summed E-state index contributed by atoms with van der Waals surface area (Å²) in [5, 5.41) is 0. The number of carbonyl (C=O) groups excluding carboxylic acids is 1. The van der Waals surface area contributed by atoms with E-state index < -0.39 is 0 Å². The minimum absolute atomic E-state index is 0.0391. The van der Waals surface area contributed by atoms with E-state index in [1.165, 1.54) is 0 Å². The molecule has 1 saturated heterocycles. The van der Waals surface area contributed by atoms with Crippen molar-refractivity contribution in [1.82, 2.24) is 19.9 Å². The average molecular weight is 494 g/mol. The van der Waals surface area contributed by atoms with Gasteiger partial charge >= 0.3 is 0 Å². The van der Waals surface area contributed by atoms with Crippen LogP contribution in [0.3, 0.4) is 0 Å².